The number of rotatable bonds is 1. The van der Waals surface area contributed by atoms with Gasteiger partial charge >= 0.3 is 6.03 Å². The minimum absolute atomic E-state index is 0.0139. The molecule has 0 bridgehead atoms. The van der Waals surface area contributed by atoms with Gasteiger partial charge < -0.3 is 10.2 Å². The molecule has 1 saturated carbocycles. The zero-order valence-electron chi connectivity index (χ0n) is 6.77. The van der Waals surface area contributed by atoms with Gasteiger partial charge in [-0.1, -0.05) is 0 Å². The zero-order chi connectivity index (χ0) is 7.78. The predicted molar refractivity (Wildman–Crippen MR) is 39.9 cm³/mol. The standard InChI is InChI=1S/C7H14N2O/c1-7(4-5-7)8-6(10)9(2)3/h4-5H2,1-3H3,(H,8,10). The van der Waals surface area contributed by atoms with E-state index >= 15 is 0 Å². The fourth-order valence-electron chi connectivity index (χ4n) is 0.682. The van der Waals surface area contributed by atoms with Crippen LogP contribution in [-0.4, -0.2) is 30.6 Å². The minimum atomic E-state index is 0.0139. The van der Waals surface area contributed by atoms with Crippen molar-refractivity contribution in [3.8, 4) is 0 Å². The average molecular weight is 142 g/mol. The third-order valence-electron chi connectivity index (χ3n) is 1.81. The molecule has 0 aromatic carbocycles. The van der Waals surface area contributed by atoms with E-state index in [0.717, 1.165) is 12.8 Å². The Morgan fingerprint density at radius 2 is 2.00 bits per heavy atom. The summed E-state index contributed by atoms with van der Waals surface area (Å²) in [5.41, 5.74) is 0.112. The number of nitrogens with zero attached hydrogens (tertiary/aromatic N) is 1. The Labute approximate surface area is 61.4 Å². The van der Waals surface area contributed by atoms with Crippen LogP contribution in [0.25, 0.3) is 0 Å². The number of nitrogens with one attached hydrogen (secondary N) is 1. The molecule has 0 atom stereocenters. The molecule has 0 heterocycles. The summed E-state index contributed by atoms with van der Waals surface area (Å²) >= 11 is 0. The Hall–Kier alpha value is -0.730. The molecule has 0 saturated heterocycles. The molecule has 1 N–H and O–H groups in total. The maximum absolute atomic E-state index is 11.0. The Morgan fingerprint density at radius 1 is 1.50 bits per heavy atom. The maximum atomic E-state index is 11.0. The van der Waals surface area contributed by atoms with Crippen LogP contribution in [0.3, 0.4) is 0 Å². The molecule has 0 radical (unpaired) electrons. The summed E-state index contributed by atoms with van der Waals surface area (Å²) in [4.78, 5) is 12.6. The lowest BCUT2D eigenvalue weighted by atomic mass is 10.3. The monoisotopic (exact) mass is 142 g/mol. The van der Waals surface area contributed by atoms with Crippen LogP contribution in [0.5, 0.6) is 0 Å². The number of carbonyl (C=O) groups is 1. The van der Waals surface area contributed by atoms with Gasteiger partial charge in [-0.2, -0.15) is 0 Å². The first-order valence-corrected chi connectivity index (χ1v) is 3.53. The fraction of sp³-hybridized carbons (Fsp3) is 0.857. The van der Waals surface area contributed by atoms with E-state index in [4.69, 9.17) is 0 Å². The van der Waals surface area contributed by atoms with Crippen LogP contribution < -0.4 is 5.32 Å². The molecule has 1 fully saturated rings. The number of hydrogen-bond donors (Lipinski definition) is 1. The van der Waals surface area contributed by atoms with Gasteiger partial charge in [-0.25, -0.2) is 4.79 Å². The van der Waals surface area contributed by atoms with E-state index in [1.54, 1.807) is 19.0 Å². The highest BCUT2D eigenvalue weighted by Crippen LogP contribution is 2.34. The summed E-state index contributed by atoms with van der Waals surface area (Å²) in [6.45, 7) is 2.06. The third kappa shape index (κ3) is 1.62. The van der Waals surface area contributed by atoms with Crippen LogP contribution in [0.4, 0.5) is 4.79 Å². The van der Waals surface area contributed by atoms with Crippen LogP contribution >= 0.6 is 0 Å². The quantitative estimate of drug-likeness (QED) is 0.577. The summed E-state index contributed by atoms with van der Waals surface area (Å²) in [7, 11) is 3.50. The van der Waals surface area contributed by atoms with Crippen molar-refractivity contribution < 1.29 is 4.79 Å². The minimum Gasteiger partial charge on any atom is -0.333 e. The summed E-state index contributed by atoms with van der Waals surface area (Å²) in [5.74, 6) is 0. The lowest BCUT2D eigenvalue weighted by Gasteiger charge is -2.16. The third-order valence-corrected chi connectivity index (χ3v) is 1.81. The second-order valence-electron chi connectivity index (χ2n) is 3.39. The second-order valence-corrected chi connectivity index (χ2v) is 3.39. The van der Waals surface area contributed by atoms with Crippen molar-refractivity contribution in [2.24, 2.45) is 0 Å². The van der Waals surface area contributed by atoms with E-state index in [1.807, 2.05) is 0 Å². The van der Waals surface area contributed by atoms with E-state index in [-0.39, 0.29) is 11.6 Å². The summed E-state index contributed by atoms with van der Waals surface area (Å²) in [5, 5.41) is 2.92. The molecule has 10 heavy (non-hydrogen) atoms. The van der Waals surface area contributed by atoms with Gasteiger partial charge in [0.2, 0.25) is 0 Å². The van der Waals surface area contributed by atoms with E-state index < -0.39 is 0 Å². The molecule has 1 aliphatic carbocycles. The topological polar surface area (TPSA) is 32.3 Å². The second kappa shape index (κ2) is 2.15. The highest BCUT2D eigenvalue weighted by atomic mass is 16.2. The summed E-state index contributed by atoms with van der Waals surface area (Å²) in [6, 6.07) is 0.0139. The fourth-order valence-corrected chi connectivity index (χ4v) is 0.682. The Kier molecular flexibility index (Phi) is 1.58. The van der Waals surface area contributed by atoms with E-state index in [2.05, 4.69) is 12.2 Å². The van der Waals surface area contributed by atoms with Gasteiger partial charge in [-0.05, 0) is 19.8 Å². The van der Waals surface area contributed by atoms with Crippen LogP contribution in [-0.2, 0) is 0 Å². The number of hydrogen-bond acceptors (Lipinski definition) is 1. The Bertz CT molecular complexity index is 150. The molecule has 3 heteroatoms. The smallest absolute Gasteiger partial charge is 0.317 e. The number of urea groups is 1. The summed E-state index contributed by atoms with van der Waals surface area (Å²) in [6.07, 6.45) is 2.24. The van der Waals surface area contributed by atoms with Crippen LogP contribution in [0.15, 0.2) is 0 Å². The largest absolute Gasteiger partial charge is 0.333 e. The first kappa shape index (κ1) is 7.38. The maximum Gasteiger partial charge on any atom is 0.317 e. The molecule has 0 unspecified atom stereocenters. The molecule has 0 aromatic heterocycles. The zero-order valence-corrected chi connectivity index (χ0v) is 6.77. The van der Waals surface area contributed by atoms with Crippen LogP contribution in [0.1, 0.15) is 19.8 Å². The van der Waals surface area contributed by atoms with Gasteiger partial charge in [0.05, 0.1) is 0 Å². The van der Waals surface area contributed by atoms with Gasteiger partial charge in [0.1, 0.15) is 0 Å². The van der Waals surface area contributed by atoms with E-state index in [0.29, 0.717) is 0 Å². The van der Waals surface area contributed by atoms with Crippen molar-refractivity contribution in [1.29, 1.82) is 0 Å². The van der Waals surface area contributed by atoms with Crippen molar-refractivity contribution in [2.75, 3.05) is 14.1 Å². The summed E-state index contributed by atoms with van der Waals surface area (Å²) < 4.78 is 0. The molecule has 3 nitrogen and oxygen atoms in total. The van der Waals surface area contributed by atoms with Gasteiger partial charge in [0, 0.05) is 19.6 Å². The lowest BCUT2D eigenvalue weighted by Crippen LogP contribution is -2.41. The molecular weight excluding hydrogens is 128 g/mol. The molecule has 2 amide bonds. The molecule has 0 spiro atoms. The normalized spacial score (nSPS) is 19.9. The van der Waals surface area contributed by atoms with Gasteiger partial charge in [-0.3, -0.25) is 0 Å². The highest BCUT2D eigenvalue weighted by molar-refractivity contribution is 5.74. The molecule has 1 rings (SSSR count). The first-order valence-electron chi connectivity index (χ1n) is 3.53. The average Bonchev–Trinajstić information content (AvgIpc) is 2.47. The van der Waals surface area contributed by atoms with E-state index in [1.165, 1.54) is 0 Å². The Morgan fingerprint density at radius 3 is 2.30 bits per heavy atom. The van der Waals surface area contributed by atoms with Crippen molar-refractivity contribution in [1.82, 2.24) is 10.2 Å². The van der Waals surface area contributed by atoms with Gasteiger partial charge in [0.25, 0.3) is 0 Å². The molecular formula is C7H14N2O. The molecule has 1 aliphatic rings. The first-order chi connectivity index (χ1) is 4.53. The molecule has 0 aromatic rings. The predicted octanol–water partition coefficient (Wildman–Crippen LogP) is 0.810. The molecule has 58 valence electrons. The van der Waals surface area contributed by atoms with Crippen molar-refractivity contribution in [2.45, 2.75) is 25.3 Å². The number of carbonyl (C=O) groups excluding carboxylic acids is 1. The van der Waals surface area contributed by atoms with Crippen LogP contribution in [0.2, 0.25) is 0 Å². The SMILES string of the molecule is CN(C)C(=O)NC1(C)CC1. The van der Waals surface area contributed by atoms with Gasteiger partial charge in [0.15, 0.2) is 0 Å². The molecule has 0 aliphatic heterocycles. The van der Waals surface area contributed by atoms with Crippen molar-refractivity contribution in [3.05, 3.63) is 0 Å². The van der Waals surface area contributed by atoms with Crippen LogP contribution in [0, 0.1) is 0 Å². The van der Waals surface area contributed by atoms with Crippen molar-refractivity contribution >= 4 is 6.03 Å². The Balaban J connectivity index is 2.31. The van der Waals surface area contributed by atoms with Gasteiger partial charge in [-0.15, -0.1) is 0 Å². The van der Waals surface area contributed by atoms with Crippen molar-refractivity contribution in [3.63, 3.8) is 0 Å². The lowest BCUT2D eigenvalue weighted by molar-refractivity contribution is 0.213. The number of amides is 2. The van der Waals surface area contributed by atoms with E-state index in [9.17, 15) is 4.79 Å². The highest BCUT2D eigenvalue weighted by Gasteiger charge is 2.38.